The molecule has 0 spiro atoms. The molecule has 0 saturated heterocycles. The van der Waals surface area contributed by atoms with Crippen molar-refractivity contribution in [3.05, 3.63) is 82.5 Å². The largest absolute Gasteiger partial charge is 0.361 e. The number of halogens is 2. The van der Waals surface area contributed by atoms with E-state index in [9.17, 15) is 13.6 Å². The lowest BCUT2D eigenvalue weighted by Gasteiger charge is -2.12. The van der Waals surface area contributed by atoms with Crippen LogP contribution in [0.15, 0.2) is 54.7 Å². The molecular formula is C25H22F2N2O. The summed E-state index contributed by atoms with van der Waals surface area (Å²) >= 11 is 0. The van der Waals surface area contributed by atoms with Crippen molar-refractivity contribution in [1.29, 1.82) is 0 Å². The van der Waals surface area contributed by atoms with Gasteiger partial charge in [0, 0.05) is 40.5 Å². The minimum Gasteiger partial charge on any atom is -0.361 e. The number of fused-ring (bicyclic) bond motifs is 1. The van der Waals surface area contributed by atoms with Gasteiger partial charge < -0.3 is 10.3 Å². The maximum atomic E-state index is 14.5. The summed E-state index contributed by atoms with van der Waals surface area (Å²) in [6.07, 6.45) is 8.76. The molecule has 1 heterocycles. The number of nitrogens with one attached hydrogen (secondary N) is 2. The lowest BCUT2D eigenvalue weighted by atomic mass is 9.94. The zero-order valence-electron chi connectivity index (χ0n) is 16.8. The second kappa shape index (κ2) is 8.11. The fraction of sp³-hybridized carbons (Fsp3) is 0.160. The van der Waals surface area contributed by atoms with Gasteiger partial charge in [0.1, 0.15) is 0 Å². The summed E-state index contributed by atoms with van der Waals surface area (Å²) in [6, 6.07) is 11.8. The summed E-state index contributed by atoms with van der Waals surface area (Å²) in [7, 11) is 0. The Kier molecular flexibility index (Phi) is 5.36. The van der Waals surface area contributed by atoms with Crippen LogP contribution in [0.25, 0.3) is 28.9 Å². The second-order valence-electron chi connectivity index (χ2n) is 7.58. The SMILES string of the molecule is CC(=O)Nc1cccc(C2=CC(C)CC=c3[nH]cc(-c4cccc(F)c4F)c3=C2)c1. The maximum Gasteiger partial charge on any atom is 0.221 e. The third kappa shape index (κ3) is 3.96. The minimum absolute atomic E-state index is 0.137. The minimum atomic E-state index is -0.871. The average Bonchev–Trinajstić information content (AvgIpc) is 3.08. The van der Waals surface area contributed by atoms with E-state index < -0.39 is 11.6 Å². The first-order valence-corrected chi connectivity index (χ1v) is 9.86. The van der Waals surface area contributed by atoms with Crippen LogP contribution in [-0.2, 0) is 4.79 Å². The van der Waals surface area contributed by atoms with Crippen molar-refractivity contribution in [2.75, 3.05) is 5.32 Å². The number of aromatic amines is 1. The number of allylic oxidation sites excluding steroid dienone is 2. The molecule has 0 bridgehead atoms. The van der Waals surface area contributed by atoms with Gasteiger partial charge in [-0.05, 0) is 47.8 Å². The van der Waals surface area contributed by atoms with Gasteiger partial charge in [-0.25, -0.2) is 8.78 Å². The number of aromatic nitrogens is 1. The van der Waals surface area contributed by atoms with E-state index in [2.05, 4.69) is 29.4 Å². The number of rotatable bonds is 3. The van der Waals surface area contributed by atoms with Crippen LogP contribution in [0.1, 0.15) is 25.8 Å². The number of carbonyl (C=O) groups is 1. The molecule has 30 heavy (non-hydrogen) atoms. The van der Waals surface area contributed by atoms with Gasteiger partial charge in [-0.15, -0.1) is 0 Å². The molecule has 1 amide bonds. The van der Waals surface area contributed by atoms with Gasteiger partial charge in [0.05, 0.1) is 0 Å². The van der Waals surface area contributed by atoms with Gasteiger partial charge in [-0.3, -0.25) is 4.79 Å². The number of amides is 1. The molecule has 1 aromatic heterocycles. The highest BCUT2D eigenvalue weighted by Gasteiger charge is 2.14. The molecule has 152 valence electrons. The zero-order chi connectivity index (χ0) is 21.3. The average molecular weight is 404 g/mol. The van der Waals surface area contributed by atoms with E-state index >= 15 is 0 Å². The standard InChI is InChI=1S/C25H22F2N2O/c1-15-9-10-24-21(22(14-28-24)20-7-4-8-23(26)25(20)27)13-18(11-15)17-5-3-6-19(12-17)29-16(2)30/h3-8,10-15,28H,9H2,1-2H3,(H,29,30). The predicted molar refractivity (Wildman–Crippen MR) is 117 cm³/mol. The third-order valence-corrected chi connectivity index (χ3v) is 5.17. The molecule has 2 aromatic carbocycles. The molecular weight excluding hydrogens is 382 g/mol. The van der Waals surface area contributed by atoms with E-state index in [-0.39, 0.29) is 17.4 Å². The molecule has 2 N–H and O–H groups in total. The smallest absolute Gasteiger partial charge is 0.221 e. The number of hydrogen-bond acceptors (Lipinski definition) is 1. The number of carbonyl (C=O) groups excluding carboxylic acids is 1. The van der Waals surface area contributed by atoms with Crippen LogP contribution in [0.4, 0.5) is 14.5 Å². The van der Waals surface area contributed by atoms with E-state index in [0.29, 0.717) is 11.3 Å². The Morgan fingerprint density at radius 2 is 1.93 bits per heavy atom. The fourth-order valence-electron chi connectivity index (χ4n) is 3.75. The number of benzene rings is 2. The highest BCUT2D eigenvalue weighted by atomic mass is 19.2. The first kappa shape index (κ1) is 19.8. The quantitative estimate of drug-likeness (QED) is 0.658. The van der Waals surface area contributed by atoms with Crippen LogP contribution >= 0.6 is 0 Å². The van der Waals surface area contributed by atoms with E-state index in [1.807, 2.05) is 30.3 Å². The van der Waals surface area contributed by atoms with Gasteiger partial charge in [0.25, 0.3) is 0 Å². The number of H-pyrrole nitrogens is 1. The van der Waals surface area contributed by atoms with Gasteiger partial charge in [0.15, 0.2) is 11.6 Å². The molecule has 3 aromatic rings. The molecule has 0 aliphatic heterocycles. The van der Waals surface area contributed by atoms with Crippen LogP contribution < -0.4 is 15.9 Å². The van der Waals surface area contributed by atoms with Gasteiger partial charge in [-0.1, -0.05) is 43.3 Å². The van der Waals surface area contributed by atoms with Crippen LogP contribution in [0.3, 0.4) is 0 Å². The molecule has 1 aliphatic rings. The van der Waals surface area contributed by atoms with Crippen LogP contribution in [0, 0.1) is 17.6 Å². The summed E-state index contributed by atoms with van der Waals surface area (Å²) in [5.74, 6) is -1.58. The Morgan fingerprint density at radius 3 is 2.73 bits per heavy atom. The maximum absolute atomic E-state index is 14.5. The van der Waals surface area contributed by atoms with Crippen LogP contribution in [0.5, 0.6) is 0 Å². The van der Waals surface area contributed by atoms with Gasteiger partial charge in [-0.2, -0.15) is 0 Å². The lowest BCUT2D eigenvalue weighted by Crippen LogP contribution is -2.25. The number of hydrogen-bond donors (Lipinski definition) is 2. The Morgan fingerprint density at radius 1 is 1.13 bits per heavy atom. The second-order valence-corrected chi connectivity index (χ2v) is 7.58. The molecule has 4 rings (SSSR count). The lowest BCUT2D eigenvalue weighted by molar-refractivity contribution is -0.114. The van der Waals surface area contributed by atoms with Gasteiger partial charge in [0.2, 0.25) is 5.91 Å². The molecule has 0 radical (unpaired) electrons. The first-order valence-electron chi connectivity index (χ1n) is 9.86. The Balaban J connectivity index is 1.91. The molecule has 0 fully saturated rings. The van der Waals surface area contributed by atoms with Crippen LogP contribution in [-0.4, -0.2) is 10.9 Å². The van der Waals surface area contributed by atoms with Crippen LogP contribution in [0.2, 0.25) is 0 Å². The normalized spacial score (nSPS) is 15.7. The van der Waals surface area contributed by atoms with Crippen molar-refractivity contribution < 1.29 is 13.6 Å². The van der Waals surface area contributed by atoms with E-state index in [0.717, 1.165) is 34.2 Å². The fourth-order valence-corrected chi connectivity index (χ4v) is 3.75. The molecule has 1 aliphatic carbocycles. The predicted octanol–water partition coefficient (Wildman–Crippen LogP) is 4.60. The Hall–Kier alpha value is -3.47. The molecule has 0 saturated carbocycles. The topological polar surface area (TPSA) is 44.9 Å². The summed E-state index contributed by atoms with van der Waals surface area (Å²) in [6.45, 7) is 3.60. The monoisotopic (exact) mass is 404 g/mol. The molecule has 1 atom stereocenters. The van der Waals surface area contributed by atoms with E-state index in [1.165, 1.54) is 13.0 Å². The Bertz CT molecular complexity index is 1270. The summed E-state index contributed by atoms with van der Waals surface area (Å²) < 4.78 is 28.3. The highest BCUT2D eigenvalue weighted by molar-refractivity contribution is 5.93. The summed E-state index contributed by atoms with van der Waals surface area (Å²) in [4.78, 5) is 14.6. The van der Waals surface area contributed by atoms with E-state index in [1.54, 1.807) is 12.3 Å². The molecule has 3 nitrogen and oxygen atoms in total. The van der Waals surface area contributed by atoms with Crippen molar-refractivity contribution >= 4 is 29.3 Å². The van der Waals surface area contributed by atoms with Crippen molar-refractivity contribution in [1.82, 2.24) is 4.98 Å². The summed E-state index contributed by atoms with van der Waals surface area (Å²) in [5, 5.41) is 4.49. The van der Waals surface area contributed by atoms with Crippen molar-refractivity contribution in [2.24, 2.45) is 5.92 Å². The van der Waals surface area contributed by atoms with Crippen molar-refractivity contribution in [3.8, 4) is 11.1 Å². The van der Waals surface area contributed by atoms with Crippen molar-refractivity contribution in [2.45, 2.75) is 20.3 Å². The first-order chi connectivity index (χ1) is 14.4. The molecule has 1 unspecified atom stereocenters. The number of anilines is 1. The summed E-state index contributed by atoms with van der Waals surface area (Å²) in [5.41, 5.74) is 3.43. The van der Waals surface area contributed by atoms with Gasteiger partial charge >= 0.3 is 0 Å². The van der Waals surface area contributed by atoms with Crippen molar-refractivity contribution in [3.63, 3.8) is 0 Å². The van der Waals surface area contributed by atoms with E-state index in [4.69, 9.17) is 0 Å². The molecule has 5 heteroatoms. The Labute approximate surface area is 173 Å². The zero-order valence-corrected chi connectivity index (χ0v) is 16.8. The highest BCUT2D eigenvalue weighted by Crippen LogP contribution is 2.25. The third-order valence-electron chi connectivity index (χ3n) is 5.17.